The van der Waals surface area contributed by atoms with Crippen molar-refractivity contribution in [2.24, 2.45) is 5.92 Å². The summed E-state index contributed by atoms with van der Waals surface area (Å²) in [4.78, 5) is 49.9. The molecule has 42 heavy (non-hydrogen) atoms. The Balaban J connectivity index is 2.03. The largest absolute Gasteiger partial charge is 0.490 e. The van der Waals surface area contributed by atoms with Crippen molar-refractivity contribution in [2.45, 2.75) is 84.0 Å². The highest BCUT2D eigenvalue weighted by atomic mass is 16.6. The quantitative estimate of drug-likeness (QED) is 0.216. The van der Waals surface area contributed by atoms with E-state index in [2.05, 4.69) is 21.3 Å². The van der Waals surface area contributed by atoms with E-state index < -0.39 is 41.7 Å². The summed E-state index contributed by atoms with van der Waals surface area (Å²) in [5.41, 5.74) is 0.172. The highest BCUT2D eigenvalue weighted by molar-refractivity contribution is 5.89. The second-order valence-electron chi connectivity index (χ2n) is 11.5. The lowest BCUT2D eigenvalue weighted by atomic mass is 10.0. The SMILES string of the molecule is CC(C)[C@H]1COCC=CCOc2ccc(cc2)C[C@@H](NC(=O)NC(CCCCNC(=O)OC(C)(C)C)C(=O)O)C(=O)N1. The minimum absolute atomic E-state index is 0.0649. The van der Waals surface area contributed by atoms with Crippen LogP contribution in [0.4, 0.5) is 9.59 Å². The van der Waals surface area contributed by atoms with Gasteiger partial charge in [-0.25, -0.2) is 14.4 Å². The summed E-state index contributed by atoms with van der Waals surface area (Å²) in [5.74, 6) is -0.881. The van der Waals surface area contributed by atoms with Crippen molar-refractivity contribution in [2.75, 3.05) is 26.4 Å². The first-order valence-corrected chi connectivity index (χ1v) is 14.4. The molecule has 1 aromatic rings. The molecule has 3 rings (SSSR count). The van der Waals surface area contributed by atoms with Crippen LogP contribution in [0.25, 0.3) is 0 Å². The van der Waals surface area contributed by atoms with Crippen LogP contribution in [0.2, 0.25) is 0 Å². The van der Waals surface area contributed by atoms with Gasteiger partial charge in [0.2, 0.25) is 5.91 Å². The summed E-state index contributed by atoms with van der Waals surface area (Å²) >= 11 is 0. The number of hydrogen-bond acceptors (Lipinski definition) is 7. The van der Waals surface area contributed by atoms with Crippen LogP contribution >= 0.6 is 0 Å². The van der Waals surface area contributed by atoms with Gasteiger partial charge in [0, 0.05) is 13.0 Å². The van der Waals surface area contributed by atoms with Crippen molar-refractivity contribution < 1.29 is 38.5 Å². The van der Waals surface area contributed by atoms with Crippen LogP contribution in [-0.2, 0) is 25.5 Å². The van der Waals surface area contributed by atoms with E-state index in [0.717, 1.165) is 5.56 Å². The normalized spacial score (nSPS) is 18.9. The Morgan fingerprint density at radius 2 is 1.79 bits per heavy atom. The number of rotatable bonds is 9. The number of carbonyl (C=O) groups is 4. The third kappa shape index (κ3) is 13.7. The first-order chi connectivity index (χ1) is 19.8. The number of carboxylic acid groups (broad SMARTS) is 1. The minimum Gasteiger partial charge on any atom is -0.490 e. The Kier molecular flexibility index (Phi) is 14.1. The summed E-state index contributed by atoms with van der Waals surface area (Å²) in [6, 6.07) is 3.99. The van der Waals surface area contributed by atoms with E-state index in [-0.39, 0.29) is 31.4 Å². The Morgan fingerprint density at radius 3 is 2.43 bits per heavy atom. The van der Waals surface area contributed by atoms with Gasteiger partial charge in [0.05, 0.1) is 19.3 Å². The molecule has 2 aliphatic heterocycles. The predicted octanol–water partition coefficient (Wildman–Crippen LogP) is 3.15. The fraction of sp³-hybridized carbons (Fsp3) is 0.600. The van der Waals surface area contributed by atoms with E-state index in [1.54, 1.807) is 32.9 Å². The van der Waals surface area contributed by atoms with Crippen molar-refractivity contribution in [3.05, 3.63) is 42.0 Å². The fourth-order valence-electron chi connectivity index (χ4n) is 3.99. The van der Waals surface area contributed by atoms with E-state index in [1.807, 2.05) is 38.1 Å². The van der Waals surface area contributed by atoms with Gasteiger partial charge in [-0.15, -0.1) is 0 Å². The highest BCUT2D eigenvalue weighted by Crippen LogP contribution is 2.15. The molecule has 12 nitrogen and oxygen atoms in total. The minimum atomic E-state index is -1.20. The first-order valence-electron chi connectivity index (χ1n) is 14.4. The number of hydrogen-bond donors (Lipinski definition) is 5. The first kappa shape index (κ1) is 34.4. The van der Waals surface area contributed by atoms with Gasteiger partial charge >= 0.3 is 18.1 Å². The number of nitrogens with one attached hydrogen (secondary N) is 4. The lowest BCUT2D eigenvalue weighted by molar-refractivity contribution is -0.139. The summed E-state index contributed by atoms with van der Waals surface area (Å²) in [5, 5.41) is 20.4. The maximum atomic E-state index is 13.4. The van der Waals surface area contributed by atoms with Crippen LogP contribution in [0.1, 0.15) is 59.4 Å². The van der Waals surface area contributed by atoms with Crippen molar-refractivity contribution in [3.8, 4) is 5.75 Å². The summed E-state index contributed by atoms with van der Waals surface area (Å²) in [6.07, 6.45) is 4.41. The van der Waals surface area contributed by atoms with Gasteiger partial charge < -0.3 is 40.6 Å². The van der Waals surface area contributed by atoms with Gasteiger partial charge in [-0.05, 0) is 69.7 Å². The zero-order valence-corrected chi connectivity index (χ0v) is 25.2. The molecule has 5 N–H and O–H groups in total. The molecule has 12 heteroatoms. The second-order valence-corrected chi connectivity index (χ2v) is 11.5. The van der Waals surface area contributed by atoms with Gasteiger partial charge in [-0.2, -0.15) is 0 Å². The molecule has 0 saturated heterocycles. The third-order valence-electron chi connectivity index (χ3n) is 6.33. The van der Waals surface area contributed by atoms with Gasteiger partial charge in [0.25, 0.3) is 0 Å². The highest BCUT2D eigenvalue weighted by Gasteiger charge is 2.27. The molecule has 4 amide bonds. The average molecular weight is 591 g/mol. The van der Waals surface area contributed by atoms with E-state index >= 15 is 0 Å². The van der Waals surface area contributed by atoms with Crippen LogP contribution in [0.5, 0.6) is 5.75 Å². The number of carboxylic acids is 1. The number of unbranched alkanes of at least 4 members (excludes halogenated alkanes) is 1. The van der Waals surface area contributed by atoms with Gasteiger partial charge in [-0.3, -0.25) is 4.79 Å². The molecular formula is C30H46N4O8. The van der Waals surface area contributed by atoms with Crippen LogP contribution in [0.3, 0.4) is 0 Å². The number of fused-ring (bicyclic) bond motifs is 12. The summed E-state index contributed by atoms with van der Waals surface area (Å²) in [6.45, 7) is 10.5. The van der Waals surface area contributed by atoms with E-state index in [9.17, 15) is 24.3 Å². The van der Waals surface area contributed by atoms with Crippen LogP contribution in [0, 0.1) is 5.92 Å². The van der Waals surface area contributed by atoms with Gasteiger partial charge in [-0.1, -0.05) is 32.1 Å². The van der Waals surface area contributed by atoms with Crippen LogP contribution < -0.4 is 26.0 Å². The summed E-state index contributed by atoms with van der Waals surface area (Å²) in [7, 11) is 0. The monoisotopic (exact) mass is 590 g/mol. The van der Waals surface area contributed by atoms with Crippen molar-refractivity contribution in [1.82, 2.24) is 21.3 Å². The number of amides is 4. The van der Waals surface area contributed by atoms with Crippen molar-refractivity contribution in [1.29, 1.82) is 0 Å². The molecule has 2 bridgehead atoms. The lowest BCUT2D eigenvalue weighted by Gasteiger charge is -2.26. The Labute approximate surface area is 247 Å². The van der Waals surface area contributed by atoms with Crippen LogP contribution in [0.15, 0.2) is 36.4 Å². The Bertz CT molecular complexity index is 1050. The molecule has 0 spiro atoms. The zero-order chi connectivity index (χ0) is 31.1. The van der Waals surface area contributed by atoms with E-state index in [4.69, 9.17) is 14.2 Å². The molecule has 0 aromatic heterocycles. The van der Waals surface area contributed by atoms with E-state index in [1.165, 1.54) is 0 Å². The lowest BCUT2D eigenvalue weighted by Crippen LogP contribution is -2.56. The number of ether oxygens (including phenoxy) is 3. The molecular weight excluding hydrogens is 544 g/mol. The number of benzene rings is 1. The summed E-state index contributed by atoms with van der Waals surface area (Å²) < 4.78 is 16.6. The number of alkyl carbamates (subject to hydrolysis) is 1. The van der Waals surface area contributed by atoms with Crippen molar-refractivity contribution >= 4 is 24.0 Å². The molecule has 1 unspecified atom stereocenters. The predicted molar refractivity (Wildman–Crippen MR) is 157 cm³/mol. The third-order valence-corrected chi connectivity index (χ3v) is 6.33. The molecule has 2 aliphatic rings. The molecule has 0 aliphatic carbocycles. The fourth-order valence-corrected chi connectivity index (χ4v) is 3.99. The maximum absolute atomic E-state index is 13.4. The number of urea groups is 1. The van der Waals surface area contributed by atoms with Gasteiger partial charge in [0.15, 0.2) is 0 Å². The molecule has 234 valence electrons. The Hall–Kier alpha value is -3.80. The maximum Gasteiger partial charge on any atom is 0.407 e. The molecule has 0 radical (unpaired) electrons. The van der Waals surface area contributed by atoms with Crippen molar-refractivity contribution in [3.63, 3.8) is 0 Å². The second kappa shape index (κ2) is 17.2. The molecule has 1 aromatic carbocycles. The average Bonchev–Trinajstić information content (AvgIpc) is 2.89. The van der Waals surface area contributed by atoms with Crippen LogP contribution in [-0.4, -0.2) is 79.2 Å². The topological polar surface area (TPSA) is 164 Å². The molecule has 0 fully saturated rings. The zero-order valence-electron chi connectivity index (χ0n) is 25.2. The smallest absolute Gasteiger partial charge is 0.407 e. The van der Waals surface area contributed by atoms with E-state index in [0.29, 0.717) is 38.3 Å². The number of aliphatic carboxylic acids is 1. The van der Waals surface area contributed by atoms with Gasteiger partial charge in [0.1, 0.15) is 30.0 Å². The standard InChI is InChI=1S/C30H46N4O8/c1-20(2)25-19-40-16-8-9-17-41-22-13-11-21(12-14-22)18-24(26(35)32-25)34-28(38)33-23(27(36)37)10-6-7-15-31-29(39)42-30(3,4)5/h8-9,11-14,20,23-25H,6-7,10,15-19H2,1-5H3,(H,31,39)(H,32,35)(H,36,37)(H2,33,34,38)/t23?,24-,25-/m1/s1. The molecule has 0 saturated carbocycles. The number of carbonyl (C=O) groups excluding carboxylic acids is 3. The Morgan fingerprint density at radius 1 is 1.10 bits per heavy atom. The molecule has 3 atom stereocenters. The molecule has 2 heterocycles.